The van der Waals surface area contributed by atoms with Crippen LogP contribution in [-0.4, -0.2) is 6.29 Å². The van der Waals surface area contributed by atoms with E-state index in [0.717, 1.165) is 17.7 Å². The highest BCUT2D eigenvalue weighted by atomic mass is 35.5. The average molecular weight is 261 g/mol. The first-order valence-corrected chi connectivity index (χ1v) is 6.13. The standard InChI is InChI=1S/C15H13ClO2/c1-2-11-6-3-4-8-14(11)18-15-9-5-7-13(16)12(15)10-17/h3-10H,2H2,1H3. The third kappa shape index (κ3) is 2.54. The van der Waals surface area contributed by atoms with E-state index in [0.29, 0.717) is 22.6 Å². The minimum Gasteiger partial charge on any atom is -0.456 e. The summed E-state index contributed by atoms with van der Waals surface area (Å²) >= 11 is 5.96. The molecule has 2 aromatic rings. The number of aldehydes is 1. The van der Waals surface area contributed by atoms with Gasteiger partial charge in [0, 0.05) is 0 Å². The van der Waals surface area contributed by atoms with Gasteiger partial charge in [0.25, 0.3) is 0 Å². The van der Waals surface area contributed by atoms with E-state index in [2.05, 4.69) is 6.92 Å². The zero-order valence-electron chi connectivity index (χ0n) is 10.0. The second-order valence-corrected chi connectivity index (χ2v) is 4.24. The third-order valence-electron chi connectivity index (χ3n) is 2.70. The molecule has 3 heteroatoms. The molecule has 0 spiro atoms. The first-order valence-electron chi connectivity index (χ1n) is 5.75. The van der Waals surface area contributed by atoms with Gasteiger partial charge < -0.3 is 4.74 Å². The number of benzene rings is 2. The second-order valence-electron chi connectivity index (χ2n) is 3.83. The van der Waals surface area contributed by atoms with E-state index in [9.17, 15) is 4.79 Å². The van der Waals surface area contributed by atoms with E-state index in [-0.39, 0.29) is 0 Å². The van der Waals surface area contributed by atoms with Crippen LogP contribution in [0.5, 0.6) is 11.5 Å². The maximum atomic E-state index is 11.0. The Morgan fingerprint density at radius 3 is 2.56 bits per heavy atom. The number of hydrogen-bond donors (Lipinski definition) is 0. The molecule has 0 atom stereocenters. The van der Waals surface area contributed by atoms with Gasteiger partial charge in [0.2, 0.25) is 0 Å². The lowest BCUT2D eigenvalue weighted by Crippen LogP contribution is -1.94. The monoisotopic (exact) mass is 260 g/mol. The maximum absolute atomic E-state index is 11.0. The molecule has 0 N–H and O–H groups in total. The number of halogens is 1. The molecular weight excluding hydrogens is 248 g/mol. The normalized spacial score (nSPS) is 10.1. The van der Waals surface area contributed by atoms with Gasteiger partial charge >= 0.3 is 0 Å². The predicted octanol–water partition coefficient (Wildman–Crippen LogP) is 4.51. The molecule has 0 bridgehead atoms. The van der Waals surface area contributed by atoms with E-state index >= 15 is 0 Å². The van der Waals surface area contributed by atoms with E-state index in [4.69, 9.17) is 16.3 Å². The highest BCUT2D eigenvalue weighted by Gasteiger charge is 2.09. The molecule has 0 saturated carbocycles. The number of rotatable bonds is 4. The highest BCUT2D eigenvalue weighted by Crippen LogP contribution is 2.30. The molecule has 18 heavy (non-hydrogen) atoms. The SMILES string of the molecule is CCc1ccccc1Oc1cccc(Cl)c1C=O. The molecule has 0 aromatic heterocycles. The van der Waals surface area contributed by atoms with Crippen LogP contribution >= 0.6 is 11.6 Å². The van der Waals surface area contributed by atoms with E-state index in [1.165, 1.54) is 0 Å². The zero-order valence-corrected chi connectivity index (χ0v) is 10.8. The number of ether oxygens (including phenoxy) is 1. The second kappa shape index (κ2) is 5.69. The van der Waals surface area contributed by atoms with Crippen molar-refractivity contribution in [1.29, 1.82) is 0 Å². The lowest BCUT2D eigenvalue weighted by atomic mass is 10.1. The van der Waals surface area contributed by atoms with Crippen molar-refractivity contribution in [3.05, 3.63) is 58.6 Å². The maximum Gasteiger partial charge on any atom is 0.155 e. The Hall–Kier alpha value is -1.80. The Labute approximate surface area is 111 Å². The van der Waals surface area contributed by atoms with Crippen molar-refractivity contribution >= 4 is 17.9 Å². The van der Waals surface area contributed by atoms with Crippen molar-refractivity contribution in [2.75, 3.05) is 0 Å². The van der Waals surface area contributed by atoms with Crippen LogP contribution < -0.4 is 4.74 Å². The number of aryl methyl sites for hydroxylation is 1. The summed E-state index contributed by atoms with van der Waals surface area (Å²) in [4.78, 5) is 11.0. The van der Waals surface area contributed by atoms with E-state index in [1.807, 2.05) is 24.3 Å². The highest BCUT2D eigenvalue weighted by molar-refractivity contribution is 6.33. The molecule has 0 aliphatic rings. The van der Waals surface area contributed by atoms with Crippen LogP contribution in [0.1, 0.15) is 22.8 Å². The van der Waals surface area contributed by atoms with Gasteiger partial charge in [0.15, 0.2) is 6.29 Å². The molecule has 0 aliphatic heterocycles. The largest absolute Gasteiger partial charge is 0.456 e. The van der Waals surface area contributed by atoms with Crippen LogP contribution in [0.3, 0.4) is 0 Å². The molecule has 2 aromatic carbocycles. The molecule has 0 amide bonds. The fourth-order valence-corrected chi connectivity index (χ4v) is 1.94. The smallest absolute Gasteiger partial charge is 0.155 e. The van der Waals surface area contributed by atoms with E-state index in [1.54, 1.807) is 18.2 Å². The molecule has 0 saturated heterocycles. The summed E-state index contributed by atoms with van der Waals surface area (Å²) in [6.45, 7) is 2.06. The van der Waals surface area contributed by atoms with Gasteiger partial charge in [0.1, 0.15) is 11.5 Å². The molecule has 0 unspecified atom stereocenters. The quantitative estimate of drug-likeness (QED) is 0.756. The molecule has 92 valence electrons. The van der Waals surface area contributed by atoms with Crippen molar-refractivity contribution in [2.45, 2.75) is 13.3 Å². The summed E-state index contributed by atoms with van der Waals surface area (Å²) in [7, 11) is 0. The van der Waals surface area contributed by atoms with Gasteiger partial charge in [-0.05, 0) is 30.2 Å². The predicted molar refractivity (Wildman–Crippen MR) is 72.7 cm³/mol. The van der Waals surface area contributed by atoms with Gasteiger partial charge in [0.05, 0.1) is 10.6 Å². The lowest BCUT2D eigenvalue weighted by Gasteiger charge is -2.11. The summed E-state index contributed by atoms with van der Waals surface area (Å²) < 4.78 is 5.79. The summed E-state index contributed by atoms with van der Waals surface area (Å²) in [5, 5.41) is 0.400. The Bertz CT molecular complexity index is 564. The Balaban J connectivity index is 2.40. The minimum atomic E-state index is 0.380. The molecule has 0 radical (unpaired) electrons. The summed E-state index contributed by atoms with van der Waals surface area (Å²) in [5.74, 6) is 1.24. The first kappa shape index (κ1) is 12.7. The van der Waals surface area contributed by atoms with E-state index < -0.39 is 0 Å². The van der Waals surface area contributed by atoms with Crippen LogP contribution in [0.4, 0.5) is 0 Å². The van der Waals surface area contributed by atoms with Crippen molar-refractivity contribution in [3.63, 3.8) is 0 Å². The van der Waals surface area contributed by atoms with Gasteiger partial charge in [-0.3, -0.25) is 4.79 Å². The Morgan fingerprint density at radius 2 is 1.83 bits per heavy atom. The summed E-state index contributed by atoms with van der Waals surface area (Å²) in [6.07, 6.45) is 1.58. The van der Waals surface area contributed by atoms with Crippen LogP contribution in [0, 0.1) is 0 Å². The first-order chi connectivity index (χ1) is 8.76. The topological polar surface area (TPSA) is 26.3 Å². The third-order valence-corrected chi connectivity index (χ3v) is 3.03. The van der Waals surface area contributed by atoms with Crippen LogP contribution in [-0.2, 0) is 6.42 Å². The van der Waals surface area contributed by atoms with Crippen molar-refractivity contribution in [1.82, 2.24) is 0 Å². The Morgan fingerprint density at radius 1 is 1.11 bits per heavy atom. The molecule has 0 heterocycles. The van der Waals surface area contributed by atoms with Gasteiger partial charge in [-0.25, -0.2) is 0 Å². The van der Waals surface area contributed by atoms with Crippen LogP contribution in [0.15, 0.2) is 42.5 Å². The van der Waals surface area contributed by atoms with Gasteiger partial charge in [-0.1, -0.05) is 42.8 Å². The van der Waals surface area contributed by atoms with Gasteiger partial charge in [-0.15, -0.1) is 0 Å². The lowest BCUT2D eigenvalue weighted by molar-refractivity contribution is 0.112. The zero-order chi connectivity index (χ0) is 13.0. The Kier molecular flexibility index (Phi) is 4.00. The number of carbonyl (C=O) groups is 1. The number of hydrogen-bond acceptors (Lipinski definition) is 2. The van der Waals surface area contributed by atoms with Crippen molar-refractivity contribution in [3.8, 4) is 11.5 Å². The molecule has 0 aliphatic carbocycles. The molecule has 2 rings (SSSR count). The van der Waals surface area contributed by atoms with Crippen molar-refractivity contribution in [2.24, 2.45) is 0 Å². The number of carbonyl (C=O) groups excluding carboxylic acids is 1. The molecular formula is C15H13ClO2. The summed E-state index contributed by atoms with van der Waals surface area (Å²) in [6, 6.07) is 12.9. The minimum absolute atomic E-state index is 0.380. The molecule has 2 nitrogen and oxygen atoms in total. The summed E-state index contributed by atoms with van der Waals surface area (Å²) in [5.41, 5.74) is 1.47. The fourth-order valence-electron chi connectivity index (χ4n) is 1.73. The average Bonchev–Trinajstić information content (AvgIpc) is 2.40. The van der Waals surface area contributed by atoms with Crippen LogP contribution in [0.25, 0.3) is 0 Å². The fraction of sp³-hybridized carbons (Fsp3) is 0.133. The molecule has 0 fully saturated rings. The van der Waals surface area contributed by atoms with Crippen LogP contribution in [0.2, 0.25) is 5.02 Å². The van der Waals surface area contributed by atoms with Crippen molar-refractivity contribution < 1.29 is 9.53 Å². The number of para-hydroxylation sites is 1. The van der Waals surface area contributed by atoms with Gasteiger partial charge in [-0.2, -0.15) is 0 Å².